The van der Waals surface area contributed by atoms with Crippen LogP contribution < -0.4 is 15.3 Å². The summed E-state index contributed by atoms with van der Waals surface area (Å²) in [6.45, 7) is 0.615. The summed E-state index contributed by atoms with van der Waals surface area (Å²) in [6, 6.07) is 0. The smallest absolute Gasteiger partial charge is 0.853 e. The van der Waals surface area contributed by atoms with E-state index in [9.17, 15) is 15.3 Å². The molecule has 0 aromatic rings. The van der Waals surface area contributed by atoms with Gasteiger partial charge in [0.2, 0.25) is 0 Å². The van der Waals surface area contributed by atoms with Gasteiger partial charge in [-0.05, 0) is 0 Å². The van der Waals surface area contributed by atoms with Gasteiger partial charge in [0.15, 0.2) is 0 Å². The third-order valence-corrected chi connectivity index (χ3v) is 0.862. The van der Waals surface area contributed by atoms with E-state index in [0.29, 0.717) is 19.8 Å². The van der Waals surface area contributed by atoms with Crippen LogP contribution in [-0.2, 0) is 14.2 Å². The first kappa shape index (κ1) is 25.2. The van der Waals surface area contributed by atoms with Gasteiger partial charge in [-0.1, -0.05) is 0 Å². The Balaban J connectivity index is -0.0000000655. The summed E-state index contributed by atoms with van der Waals surface area (Å²) >= 11 is 0. The predicted octanol–water partition coefficient (Wildman–Crippen LogP) is -3.40. The minimum atomic E-state index is -0.128. The van der Waals surface area contributed by atoms with E-state index in [2.05, 4.69) is 14.2 Å². The van der Waals surface area contributed by atoms with Crippen molar-refractivity contribution in [2.24, 2.45) is 0 Å². The van der Waals surface area contributed by atoms with Crippen molar-refractivity contribution in [3.05, 3.63) is 0 Å². The fraction of sp³-hybridized carbons (Fsp3) is 1.00. The normalized spacial score (nSPS) is 7.88. The van der Waals surface area contributed by atoms with Crippen molar-refractivity contribution >= 4 is 17.4 Å². The zero-order chi connectivity index (χ0) is 12.4. The Kier molecular flexibility index (Phi) is 57.0. The van der Waals surface area contributed by atoms with E-state index >= 15 is 0 Å². The quantitative estimate of drug-likeness (QED) is 0.457. The van der Waals surface area contributed by atoms with Crippen LogP contribution >= 0.6 is 0 Å². The minimum absolute atomic E-state index is 0. The molecule has 0 saturated carbocycles. The van der Waals surface area contributed by atoms with E-state index in [4.69, 9.17) is 0 Å². The van der Waals surface area contributed by atoms with Gasteiger partial charge in [0.05, 0.1) is 0 Å². The molecule has 0 amide bonds. The molecule has 0 aliphatic rings. The summed E-state index contributed by atoms with van der Waals surface area (Å²) < 4.78 is 13.1. The van der Waals surface area contributed by atoms with Crippen LogP contribution in [0.2, 0.25) is 0 Å². The van der Waals surface area contributed by atoms with Gasteiger partial charge < -0.3 is 29.5 Å². The maximum Gasteiger partial charge on any atom is 3.00 e. The van der Waals surface area contributed by atoms with Crippen molar-refractivity contribution in [3.8, 4) is 0 Å². The molecule has 0 saturated heterocycles. The monoisotopic (exact) mass is 252 g/mol. The van der Waals surface area contributed by atoms with Crippen molar-refractivity contribution in [2.75, 3.05) is 61.0 Å². The summed E-state index contributed by atoms with van der Waals surface area (Å²) in [7, 11) is 4.54. The summed E-state index contributed by atoms with van der Waals surface area (Å²) in [4.78, 5) is 0. The molecule has 0 aromatic heterocycles. The molecular formula is C9H21AlO6. The summed E-state index contributed by atoms with van der Waals surface area (Å²) in [5, 5.41) is 28.2. The number of methoxy groups -OCH3 is 3. The Morgan fingerprint density at radius 1 is 0.625 bits per heavy atom. The van der Waals surface area contributed by atoms with Gasteiger partial charge in [0.1, 0.15) is 0 Å². The average molecular weight is 252 g/mol. The zero-order valence-electron chi connectivity index (χ0n) is 10.3. The van der Waals surface area contributed by atoms with Crippen LogP contribution in [0.1, 0.15) is 0 Å². The first-order valence-corrected chi connectivity index (χ1v) is 4.46. The van der Waals surface area contributed by atoms with Crippen LogP contribution in [-0.4, -0.2) is 78.3 Å². The number of ether oxygens (including phenoxy) is 3. The number of hydrogen-bond acceptors (Lipinski definition) is 6. The van der Waals surface area contributed by atoms with E-state index in [1.165, 1.54) is 21.3 Å². The van der Waals surface area contributed by atoms with Crippen molar-refractivity contribution < 1.29 is 29.5 Å². The molecule has 0 rings (SSSR count). The molecule has 0 atom stereocenters. The van der Waals surface area contributed by atoms with E-state index in [0.717, 1.165) is 0 Å². The van der Waals surface area contributed by atoms with E-state index < -0.39 is 0 Å². The Labute approximate surface area is 108 Å². The van der Waals surface area contributed by atoms with Crippen molar-refractivity contribution in [1.82, 2.24) is 0 Å². The molecule has 6 nitrogen and oxygen atoms in total. The third-order valence-electron chi connectivity index (χ3n) is 0.862. The van der Waals surface area contributed by atoms with Crippen LogP contribution in [0.4, 0.5) is 0 Å². The van der Waals surface area contributed by atoms with E-state index in [1.807, 2.05) is 0 Å². The average Bonchev–Trinajstić information content (AvgIpc) is 2.23. The number of hydrogen-bond donors (Lipinski definition) is 0. The zero-order valence-corrected chi connectivity index (χ0v) is 11.4. The van der Waals surface area contributed by atoms with E-state index in [-0.39, 0.29) is 37.2 Å². The first-order valence-electron chi connectivity index (χ1n) is 4.46. The van der Waals surface area contributed by atoms with Crippen LogP contribution in [0.25, 0.3) is 0 Å². The Bertz CT molecular complexity index is 56.8. The SMILES string of the molecule is COCC[O-].COCC[O-].COCC[O-].[Al+3]. The largest absolute Gasteiger partial charge is 3.00 e. The third kappa shape index (κ3) is 63.8. The molecule has 16 heavy (non-hydrogen) atoms. The Hall–Kier alpha value is 0.292. The van der Waals surface area contributed by atoms with Gasteiger partial charge in [-0.3, -0.25) is 0 Å². The molecule has 96 valence electrons. The van der Waals surface area contributed by atoms with Gasteiger partial charge in [-0.15, -0.1) is 19.8 Å². The van der Waals surface area contributed by atoms with E-state index in [1.54, 1.807) is 0 Å². The van der Waals surface area contributed by atoms with Crippen molar-refractivity contribution in [2.45, 2.75) is 0 Å². The molecule has 0 bridgehead atoms. The van der Waals surface area contributed by atoms with Crippen LogP contribution in [0.3, 0.4) is 0 Å². The van der Waals surface area contributed by atoms with Gasteiger partial charge in [-0.25, -0.2) is 0 Å². The van der Waals surface area contributed by atoms with Gasteiger partial charge in [0.25, 0.3) is 0 Å². The van der Waals surface area contributed by atoms with Gasteiger partial charge in [0, 0.05) is 41.2 Å². The van der Waals surface area contributed by atoms with Crippen molar-refractivity contribution in [1.29, 1.82) is 0 Å². The van der Waals surface area contributed by atoms with Crippen LogP contribution in [0, 0.1) is 0 Å². The van der Waals surface area contributed by atoms with Crippen LogP contribution in [0.5, 0.6) is 0 Å². The summed E-state index contributed by atoms with van der Waals surface area (Å²) in [6.07, 6.45) is 0. The Morgan fingerprint density at radius 3 is 0.812 bits per heavy atom. The minimum Gasteiger partial charge on any atom is -0.853 e. The molecule has 0 aliphatic heterocycles. The molecule has 0 fully saturated rings. The molecule has 0 aliphatic carbocycles. The maximum atomic E-state index is 9.40. The second-order valence-electron chi connectivity index (χ2n) is 2.09. The first-order chi connectivity index (χ1) is 7.24. The summed E-state index contributed by atoms with van der Waals surface area (Å²) in [5.41, 5.74) is 0. The van der Waals surface area contributed by atoms with Gasteiger partial charge in [-0.2, -0.15) is 0 Å². The molecule has 0 spiro atoms. The second-order valence-corrected chi connectivity index (χ2v) is 2.09. The Morgan fingerprint density at radius 2 is 0.812 bits per heavy atom. The van der Waals surface area contributed by atoms with Crippen LogP contribution in [0.15, 0.2) is 0 Å². The van der Waals surface area contributed by atoms with Crippen molar-refractivity contribution in [3.63, 3.8) is 0 Å². The molecule has 0 heterocycles. The topological polar surface area (TPSA) is 96.9 Å². The maximum absolute atomic E-state index is 9.40. The molecule has 0 radical (unpaired) electrons. The fourth-order valence-electron chi connectivity index (χ4n) is 0.250. The molecule has 0 unspecified atom stereocenters. The number of rotatable bonds is 6. The summed E-state index contributed by atoms with van der Waals surface area (Å²) in [5.74, 6) is 0. The molecule has 7 heteroatoms. The predicted molar refractivity (Wildman–Crippen MR) is 56.0 cm³/mol. The fourth-order valence-corrected chi connectivity index (χ4v) is 0.250. The molecule has 0 N–H and O–H groups in total. The molecular weight excluding hydrogens is 231 g/mol. The second kappa shape index (κ2) is 36.2. The standard InChI is InChI=1S/3C3H7O2.Al/c3*1-5-3-2-4;/h3*2-3H2,1H3;/q3*-1;+3. The molecule has 0 aromatic carbocycles. The van der Waals surface area contributed by atoms with Gasteiger partial charge >= 0.3 is 17.4 Å².